The monoisotopic (exact) mass is 196 g/mol. The molecule has 0 saturated carbocycles. The number of nitriles is 1. The smallest absolute Gasteiger partial charge is 0.255 e. The van der Waals surface area contributed by atoms with E-state index in [0.29, 0.717) is 5.69 Å². The SMILES string of the molecule is N#CCc1ccccc1NCC(F)F. The van der Waals surface area contributed by atoms with Gasteiger partial charge in [-0.05, 0) is 11.6 Å². The number of para-hydroxylation sites is 1. The van der Waals surface area contributed by atoms with Crippen molar-refractivity contribution in [2.24, 2.45) is 0 Å². The average Bonchev–Trinajstić information content (AvgIpc) is 2.17. The van der Waals surface area contributed by atoms with E-state index in [1.165, 1.54) is 0 Å². The molecule has 1 N–H and O–H groups in total. The van der Waals surface area contributed by atoms with Crippen LogP contribution in [0.3, 0.4) is 0 Å². The third kappa shape index (κ3) is 3.02. The Morgan fingerprint density at radius 1 is 1.36 bits per heavy atom. The maximum Gasteiger partial charge on any atom is 0.255 e. The first-order valence-electron chi connectivity index (χ1n) is 4.21. The van der Waals surface area contributed by atoms with Gasteiger partial charge in [-0.2, -0.15) is 5.26 Å². The van der Waals surface area contributed by atoms with Gasteiger partial charge in [0.2, 0.25) is 0 Å². The topological polar surface area (TPSA) is 35.8 Å². The highest BCUT2D eigenvalue weighted by atomic mass is 19.3. The van der Waals surface area contributed by atoms with E-state index >= 15 is 0 Å². The Bertz CT molecular complexity index is 331. The number of anilines is 1. The van der Waals surface area contributed by atoms with Crippen molar-refractivity contribution < 1.29 is 8.78 Å². The first kappa shape index (κ1) is 10.5. The van der Waals surface area contributed by atoms with Crippen LogP contribution in [0.1, 0.15) is 5.56 Å². The van der Waals surface area contributed by atoms with Crippen molar-refractivity contribution in [3.05, 3.63) is 29.8 Å². The Kier molecular flexibility index (Phi) is 3.86. The molecule has 2 nitrogen and oxygen atoms in total. The van der Waals surface area contributed by atoms with Crippen LogP contribution in [-0.4, -0.2) is 13.0 Å². The Morgan fingerprint density at radius 2 is 2.07 bits per heavy atom. The third-order valence-corrected chi connectivity index (χ3v) is 1.73. The maximum absolute atomic E-state index is 11.9. The summed E-state index contributed by atoms with van der Waals surface area (Å²) >= 11 is 0. The van der Waals surface area contributed by atoms with Gasteiger partial charge in [0.1, 0.15) is 0 Å². The Morgan fingerprint density at radius 3 is 2.71 bits per heavy atom. The first-order valence-corrected chi connectivity index (χ1v) is 4.21. The van der Waals surface area contributed by atoms with Crippen LogP contribution in [0.15, 0.2) is 24.3 Å². The van der Waals surface area contributed by atoms with Crippen LogP contribution in [-0.2, 0) is 6.42 Å². The van der Waals surface area contributed by atoms with Crippen molar-refractivity contribution in [2.75, 3.05) is 11.9 Å². The first-order chi connectivity index (χ1) is 6.74. The molecule has 14 heavy (non-hydrogen) atoms. The summed E-state index contributed by atoms with van der Waals surface area (Å²) in [5.74, 6) is 0. The minimum Gasteiger partial charge on any atom is -0.379 e. The van der Waals surface area contributed by atoms with Crippen LogP contribution in [0.4, 0.5) is 14.5 Å². The summed E-state index contributed by atoms with van der Waals surface area (Å²) in [6.45, 7) is -0.386. The molecule has 0 aliphatic rings. The lowest BCUT2D eigenvalue weighted by Gasteiger charge is -2.08. The summed E-state index contributed by atoms with van der Waals surface area (Å²) in [6.07, 6.45) is -2.16. The molecule has 0 bridgehead atoms. The van der Waals surface area contributed by atoms with E-state index in [-0.39, 0.29) is 13.0 Å². The number of hydrogen-bond donors (Lipinski definition) is 1. The van der Waals surface area contributed by atoms with Crippen molar-refractivity contribution in [2.45, 2.75) is 12.8 Å². The second kappa shape index (κ2) is 5.18. The molecule has 0 aromatic heterocycles. The zero-order valence-corrected chi connectivity index (χ0v) is 7.50. The molecule has 0 heterocycles. The van der Waals surface area contributed by atoms with E-state index in [0.717, 1.165) is 5.56 Å². The van der Waals surface area contributed by atoms with E-state index in [2.05, 4.69) is 5.32 Å². The highest BCUT2D eigenvalue weighted by molar-refractivity contribution is 5.52. The van der Waals surface area contributed by atoms with Crippen LogP contribution in [0.25, 0.3) is 0 Å². The van der Waals surface area contributed by atoms with Crippen molar-refractivity contribution >= 4 is 5.69 Å². The number of rotatable bonds is 4. The van der Waals surface area contributed by atoms with E-state index in [1.807, 2.05) is 6.07 Å². The third-order valence-electron chi connectivity index (χ3n) is 1.73. The second-order valence-corrected chi connectivity index (χ2v) is 2.76. The van der Waals surface area contributed by atoms with Crippen LogP contribution in [0.2, 0.25) is 0 Å². The molecule has 0 saturated heterocycles. The number of hydrogen-bond acceptors (Lipinski definition) is 2. The summed E-state index contributed by atoms with van der Waals surface area (Å²) in [5.41, 5.74) is 1.35. The van der Waals surface area contributed by atoms with Gasteiger partial charge in [0.15, 0.2) is 0 Å². The van der Waals surface area contributed by atoms with Gasteiger partial charge >= 0.3 is 0 Å². The van der Waals surface area contributed by atoms with Gasteiger partial charge in [-0.15, -0.1) is 0 Å². The number of nitrogens with zero attached hydrogens (tertiary/aromatic N) is 1. The van der Waals surface area contributed by atoms with Crippen molar-refractivity contribution in [3.63, 3.8) is 0 Å². The zero-order chi connectivity index (χ0) is 10.4. The largest absolute Gasteiger partial charge is 0.379 e. The number of nitrogens with one attached hydrogen (secondary N) is 1. The molecule has 74 valence electrons. The van der Waals surface area contributed by atoms with Crippen molar-refractivity contribution in [1.29, 1.82) is 5.26 Å². The molecule has 4 heteroatoms. The Hall–Kier alpha value is -1.63. The summed E-state index contributed by atoms with van der Waals surface area (Å²) in [6, 6.07) is 8.94. The van der Waals surface area contributed by atoms with E-state index in [1.54, 1.807) is 24.3 Å². The molecular formula is C10H10F2N2. The summed E-state index contributed by atoms with van der Waals surface area (Å²) in [5, 5.41) is 11.1. The fourth-order valence-electron chi connectivity index (χ4n) is 1.12. The Labute approximate surface area is 81.2 Å². The molecule has 0 radical (unpaired) electrons. The van der Waals surface area contributed by atoms with Crippen molar-refractivity contribution in [3.8, 4) is 6.07 Å². The van der Waals surface area contributed by atoms with E-state index in [9.17, 15) is 8.78 Å². The van der Waals surface area contributed by atoms with Gasteiger partial charge in [0.05, 0.1) is 19.0 Å². The van der Waals surface area contributed by atoms with Crippen LogP contribution >= 0.6 is 0 Å². The fourth-order valence-corrected chi connectivity index (χ4v) is 1.12. The van der Waals surface area contributed by atoms with Crippen LogP contribution in [0, 0.1) is 11.3 Å². The van der Waals surface area contributed by atoms with Gasteiger partial charge in [-0.3, -0.25) is 0 Å². The fraction of sp³-hybridized carbons (Fsp3) is 0.300. The highest BCUT2D eigenvalue weighted by Gasteiger charge is 2.04. The summed E-state index contributed by atoms with van der Waals surface area (Å²) in [7, 11) is 0. The molecule has 0 spiro atoms. The van der Waals surface area contributed by atoms with E-state index in [4.69, 9.17) is 5.26 Å². The Balaban J connectivity index is 2.70. The molecule has 0 fully saturated rings. The number of halogens is 2. The molecular weight excluding hydrogens is 186 g/mol. The lowest BCUT2D eigenvalue weighted by molar-refractivity contribution is 0.163. The molecule has 0 atom stereocenters. The molecule has 1 aromatic rings. The normalized spacial score (nSPS) is 9.86. The molecule has 0 aliphatic heterocycles. The number of benzene rings is 1. The van der Waals surface area contributed by atoms with Gasteiger partial charge in [0.25, 0.3) is 6.43 Å². The van der Waals surface area contributed by atoms with Gasteiger partial charge in [-0.25, -0.2) is 8.78 Å². The second-order valence-electron chi connectivity index (χ2n) is 2.76. The quantitative estimate of drug-likeness (QED) is 0.802. The van der Waals surface area contributed by atoms with Crippen LogP contribution < -0.4 is 5.32 Å². The molecule has 0 amide bonds. The van der Waals surface area contributed by atoms with Crippen LogP contribution in [0.5, 0.6) is 0 Å². The minimum absolute atomic E-state index is 0.229. The molecule has 1 rings (SSSR count). The molecule has 0 unspecified atom stereocenters. The van der Waals surface area contributed by atoms with Gasteiger partial charge < -0.3 is 5.32 Å². The standard InChI is InChI=1S/C10H10F2N2/c11-10(12)7-14-9-4-2-1-3-8(9)5-6-13/h1-4,10,14H,5,7H2. The summed E-state index contributed by atoms with van der Waals surface area (Å²) < 4.78 is 23.8. The summed E-state index contributed by atoms with van der Waals surface area (Å²) in [4.78, 5) is 0. The molecule has 1 aromatic carbocycles. The minimum atomic E-state index is -2.38. The highest BCUT2D eigenvalue weighted by Crippen LogP contribution is 2.15. The zero-order valence-electron chi connectivity index (χ0n) is 7.50. The van der Waals surface area contributed by atoms with Crippen molar-refractivity contribution in [1.82, 2.24) is 0 Å². The maximum atomic E-state index is 11.9. The predicted octanol–water partition coefficient (Wildman–Crippen LogP) is 2.43. The lowest BCUT2D eigenvalue weighted by Crippen LogP contribution is -2.11. The van der Waals surface area contributed by atoms with E-state index < -0.39 is 6.43 Å². The average molecular weight is 196 g/mol. The molecule has 0 aliphatic carbocycles. The lowest BCUT2D eigenvalue weighted by atomic mass is 10.1. The number of alkyl halides is 2. The van der Waals surface area contributed by atoms with Gasteiger partial charge in [-0.1, -0.05) is 18.2 Å². The van der Waals surface area contributed by atoms with Gasteiger partial charge in [0, 0.05) is 5.69 Å². The predicted molar refractivity (Wildman–Crippen MR) is 50.3 cm³/mol.